The highest BCUT2D eigenvalue weighted by Crippen LogP contribution is 2.33. The molecule has 2 aromatic carbocycles. The Morgan fingerprint density at radius 2 is 1.96 bits per heavy atom. The van der Waals surface area contributed by atoms with Gasteiger partial charge in [0.2, 0.25) is 11.9 Å². The number of thiazole rings is 1. The molecule has 0 saturated heterocycles. The molecule has 1 amide bonds. The number of nitrogens with zero attached hydrogens (tertiary/aromatic N) is 1. The number of aromatic nitrogens is 1. The van der Waals surface area contributed by atoms with Crippen LogP contribution in [-0.4, -0.2) is 17.7 Å². The maximum Gasteiger partial charge on any atom is 0.269 e. The van der Waals surface area contributed by atoms with E-state index in [1.807, 2.05) is 5.38 Å². The molecule has 1 aliphatic heterocycles. The Hall–Kier alpha value is -2.48. The van der Waals surface area contributed by atoms with Crippen molar-refractivity contribution < 1.29 is 14.3 Å². The van der Waals surface area contributed by atoms with Gasteiger partial charge >= 0.3 is 0 Å². The molecule has 0 fully saturated rings. The molecule has 2 N–H and O–H groups in total. The minimum Gasteiger partial charge on any atom is -0.454 e. The lowest BCUT2D eigenvalue weighted by molar-refractivity contribution is 0.0962. The average Bonchev–Trinajstić information content (AvgIpc) is 3.28. The lowest BCUT2D eigenvalue weighted by Gasteiger charge is -2.06. The molecule has 0 saturated carbocycles. The van der Waals surface area contributed by atoms with Gasteiger partial charge in [0.1, 0.15) is 0 Å². The van der Waals surface area contributed by atoms with Crippen molar-refractivity contribution >= 4 is 45.6 Å². The van der Waals surface area contributed by atoms with Gasteiger partial charge < -0.3 is 9.47 Å². The van der Waals surface area contributed by atoms with Gasteiger partial charge in [0.15, 0.2) is 11.5 Å². The second-order valence-electron chi connectivity index (χ2n) is 5.31. The lowest BCUT2D eigenvalue weighted by atomic mass is 10.2. The summed E-state index contributed by atoms with van der Waals surface area (Å²) in [6.07, 6.45) is 0. The molecule has 0 bridgehead atoms. The molecule has 9 heteroatoms. The summed E-state index contributed by atoms with van der Waals surface area (Å²) >= 11 is 13.4. The average molecular weight is 408 g/mol. The maximum atomic E-state index is 12.3. The summed E-state index contributed by atoms with van der Waals surface area (Å²) in [5, 5.41) is 3.44. The van der Waals surface area contributed by atoms with Crippen molar-refractivity contribution in [3.8, 4) is 22.8 Å². The number of carbonyl (C=O) groups is 1. The predicted molar refractivity (Wildman–Crippen MR) is 101 cm³/mol. The number of fused-ring (bicyclic) bond motifs is 1. The van der Waals surface area contributed by atoms with Gasteiger partial charge in [-0.25, -0.2) is 4.98 Å². The second-order valence-corrected chi connectivity index (χ2v) is 7.01. The molecule has 4 rings (SSSR count). The van der Waals surface area contributed by atoms with Crippen LogP contribution in [0.4, 0.5) is 5.13 Å². The second kappa shape index (κ2) is 7.03. The number of amides is 1. The highest BCUT2D eigenvalue weighted by molar-refractivity contribution is 7.14. The van der Waals surface area contributed by atoms with E-state index in [0.29, 0.717) is 37.9 Å². The third-order valence-corrected chi connectivity index (χ3v) is 4.93. The highest BCUT2D eigenvalue weighted by Gasteiger charge is 2.16. The van der Waals surface area contributed by atoms with Crippen LogP contribution in [0.25, 0.3) is 11.3 Å². The van der Waals surface area contributed by atoms with Crippen molar-refractivity contribution in [3.63, 3.8) is 0 Å². The van der Waals surface area contributed by atoms with Crippen molar-refractivity contribution in [1.82, 2.24) is 10.4 Å². The number of carbonyl (C=O) groups excluding carboxylic acids is 1. The first-order valence-electron chi connectivity index (χ1n) is 7.47. The van der Waals surface area contributed by atoms with Gasteiger partial charge in [-0.05, 0) is 36.4 Å². The summed E-state index contributed by atoms with van der Waals surface area (Å²) in [6.45, 7) is 0.161. The highest BCUT2D eigenvalue weighted by atomic mass is 35.5. The summed E-state index contributed by atoms with van der Waals surface area (Å²) in [4.78, 5) is 16.7. The molecule has 3 aromatic rings. The number of hydrogen-bond donors (Lipinski definition) is 2. The summed E-state index contributed by atoms with van der Waals surface area (Å²) in [6, 6.07) is 10.2. The number of benzene rings is 2. The van der Waals surface area contributed by atoms with E-state index in [9.17, 15) is 4.79 Å². The van der Waals surface area contributed by atoms with Crippen molar-refractivity contribution in [2.24, 2.45) is 0 Å². The van der Waals surface area contributed by atoms with Gasteiger partial charge in [0.25, 0.3) is 5.91 Å². The first kappa shape index (κ1) is 17.0. The zero-order valence-electron chi connectivity index (χ0n) is 13.1. The number of nitrogens with one attached hydrogen (secondary N) is 2. The van der Waals surface area contributed by atoms with Gasteiger partial charge in [-0.2, -0.15) is 0 Å². The van der Waals surface area contributed by atoms with Crippen LogP contribution in [-0.2, 0) is 0 Å². The Kier molecular flexibility index (Phi) is 4.58. The molecular formula is C17H11Cl2N3O3S. The summed E-state index contributed by atoms with van der Waals surface area (Å²) < 4.78 is 10.5. The van der Waals surface area contributed by atoms with E-state index in [0.717, 1.165) is 5.56 Å². The van der Waals surface area contributed by atoms with E-state index in [1.165, 1.54) is 11.3 Å². The van der Waals surface area contributed by atoms with Gasteiger partial charge in [-0.15, -0.1) is 11.3 Å². The first-order valence-corrected chi connectivity index (χ1v) is 9.11. The molecule has 26 heavy (non-hydrogen) atoms. The van der Waals surface area contributed by atoms with Crippen LogP contribution in [0.5, 0.6) is 11.5 Å². The quantitative estimate of drug-likeness (QED) is 0.618. The number of hydrogen-bond acceptors (Lipinski definition) is 6. The number of anilines is 1. The SMILES string of the molecule is O=C(NNc1nc(-c2ccc(Cl)cc2Cl)cs1)c1ccc2c(c1)OCO2. The monoisotopic (exact) mass is 407 g/mol. The number of rotatable bonds is 4. The molecular weight excluding hydrogens is 397 g/mol. The molecule has 2 heterocycles. The molecule has 1 aliphatic rings. The van der Waals surface area contributed by atoms with E-state index in [4.69, 9.17) is 32.7 Å². The Labute approximate surface area is 162 Å². The lowest BCUT2D eigenvalue weighted by Crippen LogP contribution is -2.29. The van der Waals surface area contributed by atoms with Crippen LogP contribution in [0.15, 0.2) is 41.8 Å². The van der Waals surface area contributed by atoms with Crippen LogP contribution in [0.2, 0.25) is 10.0 Å². The largest absolute Gasteiger partial charge is 0.454 e. The Morgan fingerprint density at radius 3 is 2.81 bits per heavy atom. The number of hydrazine groups is 1. The fraction of sp³-hybridized carbons (Fsp3) is 0.0588. The van der Waals surface area contributed by atoms with Gasteiger partial charge in [0.05, 0.1) is 10.7 Å². The molecule has 0 radical (unpaired) electrons. The van der Waals surface area contributed by atoms with Crippen LogP contribution in [0.3, 0.4) is 0 Å². The van der Waals surface area contributed by atoms with E-state index >= 15 is 0 Å². The maximum absolute atomic E-state index is 12.3. The molecule has 0 unspecified atom stereocenters. The van der Waals surface area contributed by atoms with Crippen LogP contribution in [0, 0.1) is 0 Å². The fourth-order valence-corrected chi connectivity index (χ4v) is 3.54. The Bertz CT molecular complexity index is 993. The summed E-state index contributed by atoms with van der Waals surface area (Å²) in [5.41, 5.74) is 7.30. The smallest absolute Gasteiger partial charge is 0.269 e. The third kappa shape index (κ3) is 3.41. The van der Waals surface area contributed by atoms with E-state index in [1.54, 1.807) is 36.4 Å². The van der Waals surface area contributed by atoms with E-state index in [2.05, 4.69) is 15.8 Å². The van der Waals surface area contributed by atoms with Gasteiger partial charge in [-0.3, -0.25) is 15.6 Å². The minimum atomic E-state index is -0.315. The fourth-order valence-electron chi connectivity index (χ4n) is 2.37. The molecule has 0 aliphatic carbocycles. The van der Waals surface area contributed by atoms with E-state index < -0.39 is 0 Å². The van der Waals surface area contributed by atoms with Crippen molar-refractivity contribution in [3.05, 3.63) is 57.4 Å². The van der Waals surface area contributed by atoms with Crippen LogP contribution >= 0.6 is 34.5 Å². The summed E-state index contributed by atoms with van der Waals surface area (Å²) in [7, 11) is 0. The molecule has 6 nitrogen and oxygen atoms in total. The van der Waals surface area contributed by atoms with Crippen molar-refractivity contribution in [2.75, 3.05) is 12.2 Å². The first-order chi connectivity index (χ1) is 12.6. The molecule has 132 valence electrons. The van der Waals surface area contributed by atoms with E-state index in [-0.39, 0.29) is 12.7 Å². The molecule has 0 spiro atoms. The normalized spacial score (nSPS) is 12.1. The van der Waals surface area contributed by atoms with Crippen molar-refractivity contribution in [1.29, 1.82) is 0 Å². The van der Waals surface area contributed by atoms with Crippen LogP contribution < -0.4 is 20.3 Å². The zero-order chi connectivity index (χ0) is 18.1. The van der Waals surface area contributed by atoms with Gasteiger partial charge in [0, 0.05) is 21.5 Å². The molecule has 0 atom stereocenters. The standard InChI is InChI=1S/C17H11Cl2N3O3S/c18-10-2-3-11(12(19)6-10)13-7-26-17(20-13)22-21-16(23)9-1-4-14-15(5-9)25-8-24-14/h1-7H,8H2,(H,20,22)(H,21,23). The topological polar surface area (TPSA) is 72.5 Å². The third-order valence-electron chi connectivity index (χ3n) is 3.63. The van der Waals surface area contributed by atoms with Crippen LogP contribution in [0.1, 0.15) is 10.4 Å². The van der Waals surface area contributed by atoms with Gasteiger partial charge in [-0.1, -0.05) is 23.2 Å². The minimum absolute atomic E-state index is 0.161. The zero-order valence-corrected chi connectivity index (χ0v) is 15.4. The number of halogens is 2. The predicted octanol–water partition coefficient (Wildman–Crippen LogP) is 4.60. The molecule has 1 aromatic heterocycles. The number of ether oxygens (including phenoxy) is 2. The Morgan fingerprint density at radius 1 is 1.12 bits per heavy atom. The van der Waals surface area contributed by atoms with Crippen molar-refractivity contribution in [2.45, 2.75) is 0 Å². The Balaban J connectivity index is 1.44. The summed E-state index contributed by atoms with van der Waals surface area (Å²) in [5.74, 6) is 0.857.